The van der Waals surface area contributed by atoms with Gasteiger partial charge in [0.15, 0.2) is 0 Å². The van der Waals surface area contributed by atoms with Crippen LogP contribution in [0.5, 0.6) is 5.75 Å². The average molecular weight is 251 g/mol. The van der Waals surface area contributed by atoms with Crippen molar-refractivity contribution in [3.63, 3.8) is 0 Å². The Hall–Kier alpha value is -1.06. The molecule has 1 aromatic rings. The maximum atomic E-state index is 5.73. The molecule has 1 N–H and O–H groups in total. The summed E-state index contributed by atoms with van der Waals surface area (Å²) in [4.78, 5) is 0. The fourth-order valence-corrected chi connectivity index (χ4v) is 1.49. The van der Waals surface area contributed by atoms with E-state index in [9.17, 15) is 0 Å². The minimum Gasteiger partial charge on any atom is -0.491 e. The van der Waals surface area contributed by atoms with Gasteiger partial charge in [0.25, 0.3) is 0 Å². The lowest BCUT2D eigenvalue weighted by Gasteiger charge is -2.23. The van der Waals surface area contributed by atoms with E-state index in [1.54, 1.807) is 0 Å². The molecule has 0 bridgehead atoms. The van der Waals surface area contributed by atoms with Crippen molar-refractivity contribution in [1.82, 2.24) is 5.32 Å². The van der Waals surface area contributed by atoms with Crippen LogP contribution in [0.25, 0.3) is 0 Å². The lowest BCUT2D eigenvalue weighted by molar-refractivity contribution is -0.0317. The second-order valence-electron chi connectivity index (χ2n) is 4.98. The third-order valence-electron chi connectivity index (χ3n) is 3.00. The van der Waals surface area contributed by atoms with Crippen LogP contribution in [0.1, 0.15) is 32.8 Å². The first-order valence-electron chi connectivity index (χ1n) is 6.57. The quantitative estimate of drug-likeness (QED) is 0.720. The Morgan fingerprint density at radius 2 is 1.78 bits per heavy atom. The molecule has 3 nitrogen and oxygen atoms in total. The predicted octanol–water partition coefficient (Wildman–Crippen LogP) is 2.99. The van der Waals surface area contributed by atoms with E-state index in [1.807, 2.05) is 19.2 Å². The zero-order valence-corrected chi connectivity index (χ0v) is 12.0. The summed E-state index contributed by atoms with van der Waals surface area (Å²) in [6, 6.07) is 8.14. The van der Waals surface area contributed by atoms with Gasteiger partial charge < -0.3 is 14.8 Å². The summed E-state index contributed by atoms with van der Waals surface area (Å²) in [5.41, 5.74) is 1.20. The van der Waals surface area contributed by atoms with E-state index >= 15 is 0 Å². The van der Waals surface area contributed by atoms with E-state index in [2.05, 4.69) is 38.2 Å². The van der Waals surface area contributed by atoms with Crippen LogP contribution in [0.3, 0.4) is 0 Å². The third-order valence-corrected chi connectivity index (χ3v) is 3.00. The summed E-state index contributed by atoms with van der Waals surface area (Å²) < 4.78 is 11.4. The van der Waals surface area contributed by atoms with Crippen LogP contribution in [0.4, 0.5) is 0 Å². The van der Waals surface area contributed by atoms with Crippen molar-refractivity contribution in [2.45, 2.75) is 39.3 Å². The molecule has 0 fully saturated rings. The predicted molar refractivity (Wildman–Crippen MR) is 75.0 cm³/mol. The molecule has 0 aliphatic carbocycles. The van der Waals surface area contributed by atoms with Crippen LogP contribution < -0.4 is 10.1 Å². The summed E-state index contributed by atoms with van der Waals surface area (Å²) >= 11 is 0. The Labute approximate surface area is 110 Å². The molecule has 0 unspecified atom stereocenters. The molecule has 0 saturated heterocycles. The van der Waals surface area contributed by atoms with Gasteiger partial charge in [-0.1, -0.05) is 19.1 Å². The van der Waals surface area contributed by atoms with Gasteiger partial charge in [0.05, 0.1) is 12.2 Å². The summed E-state index contributed by atoms with van der Waals surface area (Å²) in [5.74, 6) is 0.896. The molecule has 0 spiro atoms. The minimum atomic E-state index is -0.0555. The molecular formula is C15H25NO2. The van der Waals surface area contributed by atoms with Gasteiger partial charge in [-0.2, -0.15) is 0 Å². The van der Waals surface area contributed by atoms with Gasteiger partial charge in [-0.25, -0.2) is 0 Å². The maximum absolute atomic E-state index is 5.73. The van der Waals surface area contributed by atoms with E-state index in [0.29, 0.717) is 13.2 Å². The van der Waals surface area contributed by atoms with Gasteiger partial charge in [0, 0.05) is 6.54 Å². The van der Waals surface area contributed by atoms with Crippen LogP contribution in [0, 0.1) is 0 Å². The van der Waals surface area contributed by atoms with Gasteiger partial charge in [0.2, 0.25) is 0 Å². The second-order valence-corrected chi connectivity index (χ2v) is 4.98. The van der Waals surface area contributed by atoms with Crippen molar-refractivity contribution in [3.05, 3.63) is 29.8 Å². The number of hydrogen-bond acceptors (Lipinski definition) is 3. The fourth-order valence-electron chi connectivity index (χ4n) is 1.49. The summed E-state index contributed by atoms with van der Waals surface area (Å²) in [6.45, 7) is 8.42. The normalized spacial score (nSPS) is 11.6. The number of benzene rings is 1. The van der Waals surface area contributed by atoms with E-state index < -0.39 is 0 Å². The smallest absolute Gasteiger partial charge is 0.119 e. The largest absolute Gasteiger partial charge is 0.491 e. The minimum absolute atomic E-state index is 0.0555. The Bertz CT molecular complexity index is 333. The van der Waals surface area contributed by atoms with Crippen molar-refractivity contribution < 1.29 is 9.47 Å². The molecule has 0 amide bonds. The number of nitrogens with one attached hydrogen (secondary N) is 1. The molecule has 0 radical (unpaired) electrons. The molecule has 0 heterocycles. The molecule has 0 aromatic heterocycles. The first-order valence-corrected chi connectivity index (χ1v) is 6.57. The maximum Gasteiger partial charge on any atom is 0.119 e. The Morgan fingerprint density at radius 3 is 2.33 bits per heavy atom. The third kappa shape index (κ3) is 5.52. The second kappa shape index (κ2) is 7.39. The average Bonchev–Trinajstić information content (AvgIpc) is 2.37. The standard InChI is InChI=1S/C15H25NO2/c1-5-15(2,3)18-11-10-17-14-8-6-13(7-9-14)12-16-4/h6-9,16H,5,10-12H2,1-4H3. The summed E-state index contributed by atoms with van der Waals surface area (Å²) in [7, 11) is 1.94. The molecule has 0 aliphatic heterocycles. The molecule has 1 aromatic carbocycles. The monoisotopic (exact) mass is 251 g/mol. The van der Waals surface area contributed by atoms with Crippen LogP contribution >= 0.6 is 0 Å². The van der Waals surface area contributed by atoms with Gasteiger partial charge in [-0.15, -0.1) is 0 Å². The van der Waals surface area contributed by atoms with E-state index in [4.69, 9.17) is 9.47 Å². The van der Waals surface area contributed by atoms with E-state index in [0.717, 1.165) is 18.7 Å². The lowest BCUT2D eigenvalue weighted by atomic mass is 10.1. The van der Waals surface area contributed by atoms with Crippen molar-refractivity contribution in [2.75, 3.05) is 20.3 Å². The summed E-state index contributed by atoms with van der Waals surface area (Å²) in [6.07, 6.45) is 1.01. The highest BCUT2D eigenvalue weighted by Crippen LogP contribution is 2.14. The Morgan fingerprint density at radius 1 is 1.11 bits per heavy atom. The molecule has 0 aliphatic rings. The van der Waals surface area contributed by atoms with Crippen LogP contribution in [0.15, 0.2) is 24.3 Å². The first-order chi connectivity index (χ1) is 8.57. The number of hydrogen-bond donors (Lipinski definition) is 1. The fraction of sp³-hybridized carbons (Fsp3) is 0.600. The highest BCUT2D eigenvalue weighted by Gasteiger charge is 2.14. The Kier molecular flexibility index (Phi) is 6.16. The van der Waals surface area contributed by atoms with Crippen molar-refractivity contribution >= 4 is 0 Å². The van der Waals surface area contributed by atoms with Gasteiger partial charge in [-0.3, -0.25) is 0 Å². The summed E-state index contributed by atoms with van der Waals surface area (Å²) in [5, 5.41) is 3.12. The first kappa shape index (κ1) is 15.0. The zero-order chi connectivity index (χ0) is 13.4. The molecule has 3 heteroatoms. The van der Waals surface area contributed by atoms with Crippen LogP contribution in [-0.2, 0) is 11.3 Å². The molecule has 0 atom stereocenters. The van der Waals surface area contributed by atoms with Gasteiger partial charge >= 0.3 is 0 Å². The molecule has 0 saturated carbocycles. The van der Waals surface area contributed by atoms with Crippen LogP contribution in [-0.4, -0.2) is 25.9 Å². The molecule has 1 rings (SSSR count). The number of rotatable bonds is 8. The molecule has 102 valence electrons. The van der Waals surface area contributed by atoms with Crippen molar-refractivity contribution in [1.29, 1.82) is 0 Å². The van der Waals surface area contributed by atoms with Gasteiger partial charge in [0.1, 0.15) is 12.4 Å². The highest BCUT2D eigenvalue weighted by atomic mass is 16.5. The lowest BCUT2D eigenvalue weighted by Crippen LogP contribution is -2.25. The topological polar surface area (TPSA) is 30.5 Å². The SMILES string of the molecule is CCC(C)(C)OCCOc1ccc(CNC)cc1. The zero-order valence-electron chi connectivity index (χ0n) is 12.0. The molecular weight excluding hydrogens is 226 g/mol. The van der Waals surface area contributed by atoms with E-state index in [-0.39, 0.29) is 5.60 Å². The Balaban J connectivity index is 2.27. The number of ether oxygens (including phenoxy) is 2. The van der Waals surface area contributed by atoms with Crippen LogP contribution in [0.2, 0.25) is 0 Å². The highest BCUT2D eigenvalue weighted by molar-refractivity contribution is 5.27. The molecule has 18 heavy (non-hydrogen) atoms. The van der Waals surface area contributed by atoms with E-state index in [1.165, 1.54) is 5.56 Å². The van der Waals surface area contributed by atoms with Gasteiger partial charge in [-0.05, 0) is 45.0 Å². The van der Waals surface area contributed by atoms with Crippen molar-refractivity contribution in [2.24, 2.45) is 0 Å². The van der Waals surface area contributed by atoms with Crippen molar-refractivity contribution in [3.8, 4) is 5.75 Å².